The molecule has 8 nitrogen and oxygen atoms in total. The third-order valence-electron chi connectivity index (χ3n) is 4.85. The Labute approximate surface area is 201 Å². The van der Waals surface area contributed by atoms with Crippen LogP contribution in [-0.4, -0.2) is 23.6 Å². The molecule has 0 bridgehead atoms. The van der Waals surface area contributed by atoms with Crippen molar-refractivity contribution in [3.05, 3.63) is 91.3 Å². The van der Waals surface area contributed by atoms with Crippen LogP contribution >= 0.6 is 15.9 Å². The van der Waals surface area contributed by atoms with Gasteiger partial charge in [-0.1, -0.05) is 6.07 Å². The van der Waals surface area contributed by atoms with Crippen LogP contribution in [0.5, 0.6) is 5.75 Å². The number of nitrogens with zero attached hydrogens (tertiary/aromatic N) is 1. The van der Waals surface area contributed by atoms with Gasteiger partial charge in [0.05, 0.1) is 11.3 Å². The molecule has 0 atom stereocenters. The van der Waals surface area contributed by atoms with Gasteiger partial charge in [0.15, 0.2) is 0 Å². The molecule has 0 saturated carbocycles. The number of nitrogens with one attached hydrogen (secondary N) is 1. The zero-order valence-corrected chi connectivity index (χ0v) is 19.7. The number of benzene rings is 2. The molecule has 1 heterocycles. The molecule has 11 heteroatoms. The van der Waals surface area contributed by atoms with Crippen LogP contribution in [-0.2, 0) is 18.0 Å². The zero-order valence-electron chi connectivity index (χ0n) is 18.2. The Balaban J connectivity index is 2.00. The van der Waals surface area contributed by atoms with Crippen molar-refractivity contribution in [3.8, 4) is 11.4 Å². The summed E-state index contributed by atoms with van der Waals surface area (Å²) < 4.78 is 38.8. The summed E-state index contributed by atoms with van der Waals surface area (Å²) in [4.78, 5) is 36.6. The van der Waals surface area contributed by atoms with E-state index < -0.39 is 29.2 Å². The first kappa shape index (κ1) is 24.9. The lowest BCUT2D eigenvalue weighted by molar-refractivity contribution is 0.0963. The third kappa shape index (κ3) is 5.42. The van der Waals surface area contributed by atoms with E-state index >= 15 is 0 Å². The zero-order chi connectivity index (χ0) is 25.0. The summed E-state index contributed by atoms with van der Waals surface area (Å²) in [6.45, 7) is 1.26. The number of primary amides is 1. The van der Waals surface area contributed by atoms with Gasteiger partial charge in [-0.3, -0.25) is 14.2 Å². The van der Waals surface area contributed by atoms with Crippen LogP contribution in [0, 0.1) is 18.6 Å². The molecule has 0 unspecified atom stereocenters. The highest BCUT2D eigenvalue weighted by Crippen LogP contribution is 2.27. The Morgan fingerprint density at radius 3 is 2.50 bits per heavy atom. The molecule has 2 aromatic carbocycles. The number of hydrogen-bond donors (Lipinski definition) is 2. The highest BCUT2D eigenvalue weighted by Gasteiger charge is 2.19. The van der Waals surface area contributed by atoms with Crippen molar-refractivity contribution in [2.24, 2.45) is 5.73 Å². The largest absolute Gasteiger partial charge is 0.487 e. The second kappa shape index (κ2) is 10.5. The Hall–Kier alpha value is -3.73. The summed E-state index contributed by atoms with van der Waals surface area (Å²) in [5.41, 5.74) is 5.94. The quantitative estimate of drug-likeness (QED) is 0.478. The number of ether oxygens (including phenoxy) is 2. The van der Waals surface area contributed by atoms with Crippen LogP contribution in [0.2, 0.25) is 0 Å². The SMILES string of the molecule is CNC(=O)c1cc(COC(N)=O)ccc1-n1c(C)cc(OCc2ccc(F)cc2F)c(Br)c1=O. The lowest BCUT2D eigenvalue weighted by Gasteiger charge is -2.18. The smallest absolute Gasteiger partial charge is 0.404 e. The van der Waals surface area contributed by atoms with Crippen LogP contribution in [0.1, 0.15) is 27.2 Å². The number of nitrogens with two attached hydrogens (primary N) is 1. The summed E-state index contributed by atoms with van der Waals surface area (Å²) in [5.74, 6) is -1.79. The summed E-state index contributed by atoms with van der Waals surface area (Å²) in [6, 6.07) is 9.27. The lowest BCUT2D eigenvalue weighted by atomic mass is 10.1. The first-order chi connectivity index (χ1) is 16.1. The van der Waals surface area contributed by atoms with Crippen LogP contribution in [0.3, 0.4) is 0 Å². The molecule has 0 aliphatic carbocycles. The van der Waals surface area contributed by atoms with Gasteiger partial charge in [0.1, 0.15) is 35.1 Å². The molecular weight excluding hydrogens is 516 g/mol. The molecule has 0 radical (unpaired) electrons. The molecular formula is C23H20BrF2N3O5. The Morgan fingerprint density at radius 1 is 1.12 bits per heavy atom. The second-order valence-corrected chi connectivity index (χ2v) is 7.96. The summed E-state index contributed by atoms with van der Waals surface area (Å²) in [7, 11) is 1.44. The number of aryl methyl sites for hydroxylation is 1. The molecule has 3 rings (SSSR count). The number of carbonyl (C=O) groups excluding carboxylic acids is 2. The molecule has 3 aromatic rings. The van der Waals surface area contributed by atoms with Crippen molar-refractivity contribution < 1.29 is 27.8 Å². The van der Waals surface area contributed by atoms with Gasteiger partial charge in [0.25, 0.3) is 11.5 Å². The van der Waals surface area contributed by atoms with Crippen molar-refractivity contribution in [1.29, 1.82) is 0 Å². The normalized spacial score (nSPS) is 10.6. The highest BCUT2D eigenvalue weighted by molar-refractivity contribution is 9.10. The number of rotatable bonds is 7. The maximum Gasteiger partial charge on any atom is 0.404 e. The number of halogens is 3. The van der Waals surface area contributed by atoms with E-state index in [9.17, 15) is 23.2 Å². The van der Waals surface area contributed by atoms with E-state index in [1.807, 2.05) is 0 Å². The minimum atomic E-state index is -0.960. The van der Waals surface area contributed by atoms with Gasteiger partial charge in [-0.25, -0.2) is 13.6 Å². The first-order valence-corrected chi connectivity index (χ1v) is 10.7. The monoisotopic (exact) mass is 535 g/mol. The van der Waals surface area contributed by atoms with Crippen molar-refractivity contribution >= 4 is 27.9 Å². The summed E-state index contributed by atoms with van der Waals surface area (Å²) >= 11 is 3.22. The number of amides is 2. The summed E-state index contributed by atoms with van der Waals surface area (Å²) in [5, 5.41) is 2.51. The van der Waals surface area contributed by atoms with Crippen molar-refractivity contribution in [2.75, 3.05) is 7.05 Å². The molecule has 178 valence electrons. The first-order valence-electron chi connectivity index (χ1n) is 9.88. The van der Waals surface area contributed by atoms with E-state index in [-0.39, 0.29) is 40.3 Å². The Morgan fingerprint density at radius 2 is 1.85 bits per heavy atom. The minimum absolute atomic E-state index is 0.0459. The molecule has 2 amide bonds. The van der Waals surface area contributed by atoms with Gasteiger partial charge >= 0.3 is 6.09 Å². The van der Waals surface area contributed by atoms with Crippen molar-refractivity contribution in [2.45, 2.75) is 20.1 Å². The van der Waals surface area contributed by atoms with Crippen molar-refractivity contribution in [1.82, 2.24) is 9.88 Å². The highest BCUT2D eigenvalue weighted by atomic mass is 79.9. The van der Waals surface area contributed by atoms with Gasteiger partial charge < -0.3 is 20.5 Å². The van der Waals surface area contributed by atoms with Crippen LogP contribution in [0.15, 0.2) is 51.7 Å². The van der Waals surface area contributed by atoms with Crippen molar-refractivity contribution in [3.63, 3.8) is 0 Å². The third-order valence-corrected chi connectivity index (χ3v) is 5.58. The number of hydrogen-bond acceptors (Lipinski definition) is 5. The standard InChI is InChI=1S/C23H20BrF2N3O5/c1-12-7-19(33-11-14-4-5-15(25)9-17(14)26)20(24)22(31)29(12)18-6-3-13(10-34-23(27)32)8-16(18)21(30)28-2/h3-9H,10-11H2,1-2H3,(H2,27,32)(H,28,30). The fourth-order valence-electron chi connectivity index (χ4n) is 3.22. The number of pyridine rings is 1. The predicted octanol–water partition coefficient (Wildman–Crippen LogP) is 3.72. The second-order valence-electron chi connectivity index (χ2n) is 7.17. The molecule has 0 fully saturated rings. The average Bonchev–Trinajstić information content (AvgIpc) is 2.80. The Kier molecular flexibility index (Phi) is 7.67. The molecule has 0 aliphatic heterocycles. The fourth-order valence-corrected chi connectivity index (χ4v) is 3.63. The van der Waals surface area contributed by atoms with Crippen LogP contribution < -0.4 is 21.3 Å². The van der Waals surface area contributed by atoms with Gasteiger partial charge in [0, 0.05) is 30.4 Å². The van der Waals surface area contributed by atoms with E-state index in [1.54, 1.807) is 25.1 Å². The summed E-state index contributed by atoms with van der Waals surface area (Å²) in [6.07, 6.45) is -0.960. The maximum atomic E-state index is 13.9. The molecule has 0 spiro atoms. The van der Waals surface area contributed by atoms with Crippen LogP contribution in [0.25, 0.3) is 5.69 Å². The molecule has 3 N–H and O–H groups in total. The van der Waals surface area contributed by atoms with Gasteiger partial charge in [-0.05, 0) is 52.7 Å². The van der Waals surface area contributed by atoms with E-state index in [1.165, 1.54) is 23.7 Å². The van der Waals surface area contributed by atoms with Gasteiger partial charge in [-0.15, -0.1) is 0 Å². The predicted molar refractivity (Wildman–Crippen MR) is 123 cm³/mol. The Bertz CT molecular complexity index is 1330. The topological polar surface area (TPSA) is 113 Å². The number of aromatic nitrogens is 1. The molecule has 34 heavy (non-hydrogen) atoms. The van der Waals surface area contributed by atoms with E-state index in [4.69, 9.17) is 15.2 Å². The van der Waals surface area contributed by atoms with E-state index in [0.717, 1.165) is 12.1 Å². The molecule has 0 saturated heterocycles. The fraction of sp³-hybridized carbons (Fsp3) is 0.174. The van der Waals surface area contributed by atoms with Crippen LogP contribution in [0.4, 0.5) is 13.6 Å². The number of carbonyl (C=O) groups is 2. The maximum absolute atomic E-state index is 13.9. The molecule has 1 aromatic heterocycles. The average molecular weight is 536 g/mol. The van der Waals surface area contributed by atoms with Gasteiger partial charge in [-0.2, -0.15) is 0 Å². The lowest BCUT2D eigenvalue weighted by Crippen LogP contribution is -2.27. The molecule has 0 aliphatic rings. The minimum Gasteiger partial charge on any atom is -0.487 e. The van der Waals surface area contributed by atoms with E-state index in [0.29, 0.717) is 11.3 Å². The van der Waals surface area contributed by atoms with Gasteiger partial charge in [0.2, 0.25) is 0 Å². The van der Waals surface area contributed by atoms with E-state index in [2.05, 4.69) is 21.2 Å².